The van der Waals surface area contributed by atoms with E-state index in [1.54, 1.807) is 6.07 Å². The fourth-order valence-corrected chi connectivity index (χ4v) is 3.97. The number of phenolic OH excluding ortho intramolecular Hbond substituents is 1. The number of benzene rings is 2. The zero-order chi connectivity index (χ0) is 22.2. The van der Waals surface area contributed by atoms with Crippen LogP contribution in [-0.4, -0.2) is 64.4 Å². The Balaban J connectivity index is 0.000000289. The molecular weight excluding hydrogens is 396 g/mol. The Kier molecular flexibility index (Phi) is 5.66. The molecule has 1 aliphatic carbocycles. The summed E-state index contributed by atoms with van der Waals surface area (Å²) in [6.07, 6.45) is 2.11. The van der Waals surface area contributed by atoms with Crippen LogP contribution in [-0.2, 0) is 25.6 Å². The predicted octanol–water partition coefficient (Wildman–Crippen LogP) is 3.04. The maximum Gasteiger partial charge on any atom is 0.293 e. The predicted molar refractivity (Wildman–Crippen MR) is 116 cm³/mol. The number of hydrogen-bond donors (Lipinski definition) is 1. The van der Waals surface area contributed by atoms with Crippen molar-refractivity contribution in [2.24, 2.45) is 0 Å². The van der Waals surface area contributed by atoms with Crippen LogP contribution in [0.5, 0.6) is 5.75 Å². The van der Waals surface area contributed by atoms with Crippen LogP contribution in [0.25, 0.3) is 10.8 Å². The molecule has 0 spiro atoms. The lowest BCUT2D eigenvalue weighted by Gasteiger charge is -2.26. The molecule has 2 aromatic rings. The first-order valence-electron chi connectivity index (χ1n) is 10.8. The lowest BCUT2D eigenvalue weighted by atomic mass is 10.1. The number of phenols is 1. The highest BCUT2D eigenvalue weighted by molar-refractivity contribution is 5.90. The molecule has 7 heteroatoms. The Bertz CT molecular complexity index is 982. The summed E-state index contributed by atoms with van der Waals surface area (Å²) in [5.41, 5.74) is -0.0310. The molecule has 2 atom stereocenters. The molecular formula is C24H30N2O5. The number of morpholine rings is 1. The van der Waals surface area contributed by atoms with E-state index in [1.807, 2.05) is 49.9 Å². The Morgan fingerprint density at radius 1 is 1.32 bits per heavy atom. The monoisotopic (exact) mass is 426 g/mol. The van der Waals surface area contributed by atoms with Gasteiger partial charge >= 0.3 is 0 Å². The van der Waals surface area contributed by atoms with E-state index in [2.05, 4.69) is 15.7 Å². The minimum absolute atomic E-state index is 0.0927. The van der Waals surface area contributed by atoms with Crippen LogP contribution in [0.15, 0.2) is 36.4 Å². The van der Waals surface area contributed by atoms with Gasteiger partial charge in [-0.05, 0) is 56.7 Å². The summed E-state index contributed by atoms with van der Waals surface area (Å²) >= 11 is 0. The molecule has 2 aliphatic heterocycles. The standard InChI is InChI=1S/C19H20N2O3.C5H10O2/c22-17-10-13(9-14-3-1-2-4-16(14)17)11-21(15-5-6-15)18(23)19-12-20(19)7-8-24-19;1-5(2,3)7-4-6/h1-4,9-10,15,22H,5-8,11-12H2;4H,1-3H3/t19-,20?;/m1./s1. The maximum atomic E-state index is 13.0. The van der Waals surface area contributed by atoms with Crippen molar-refractivity contribution in [2.45, 2.75) is 57.5 Å². The molecule has 31 heavy (non-hydrogen) atoms. The van der Waals surface area contributed by atoms with Crippen LogP contribution in [0.4, 0.5) is 0 Å². The number of aromatic hydroxyl groups is 1. The number of hydrogen-bond acceptors (Lipinski definition) is 6. The largest absolute Gasteiger partial charge is 0.507 e. The molecule has 0 radical (unpaired) electrons. The molecule has 0 bridgehead atoms. The average molecular weight is 427 g/mol. The zero-order valence-corrected chi connectivity index (χ0v) is 18.3. The van der Waals surface area contributed by atoms with Crippen molar-refractivity contribution in [1.82, 2.24) is 9.80 Å². The number of ether oxygens (including phenoxy) is 2. The van der Waals surface area contributed by atoms with Gasteiger partial charge in [-0.15, -0.1) is 0 Å². The highest BCUT2D eigenvalue weighted by atomic mass is 16.6. The molecule has 0 aromatic heterocycles. The number of amides is 1. The number of carbonyl (C=O) groups excluding carboxylic acids is 2. The van der Waals surface area contributed by atoms with Crippen molar-refractivity contribution in [1.29, 1.82) is 0 Å². The Morgan fingerprint density at radius 2 is 2.06 bits per heavy atom. The summed E-state index contributed by atoms with van der Waals surface area (Å²) in [6, 6.07) is 11.9. The van der Waals surface area contributed by atoms with Gasteiger partial charge in [-0.3, -0.25) is 14.5 Å². The summed E-state index contributed by atoms with van der Waals surface area (Å²) in [7, 11) is 0. The summed E-state index contributed by atoms with van der Waals surface area (Å²) in [6.45, 7) is 8.66. The van der Waals surface area contributed by atoms with Gasteiger partial charge in [0.15, 0.2) is 0 Å². The molecule has 1 amide bonds. The van der Waals surface area contributed by atoms with Crippen molar-refractivity contribution in [3.8, 4) is 5.75 Å². The number of rotatable bonds is 5. The Labute approximate surface area is 182 Å². The molecule has 166 valence electrons. The van der Waals surface area contributed by atoms with E-state index in [9.17, 15) is 14.7 Å². The average Bonchev–Trinajstić information content (AvgIpc) is 3.64. The van der Waals surface area contributed by atoms with E-state index >= 15 is 0 Å². The summed E-state index contributed by atoms with van der Waals surface area (Å²) in [5, 5.41) is 12.1. The Hall–Kier alpha value is -2.64. The molecule has 3 fully saturated rings. The van der Waals surface area contributed by atoms with E-state index in [0.717, 1.165) is 42.3 Å². The molecule has 1 N–H and O–H groups in total. The minimum Gasteiger partial charge on any atom is -0.507 e. The van der Waals surface area contributed by atoms with Crippen molar-refractivity contribution in [2.75, 3.05) is 19.7 Å². The van der Waals surface area contributed by atoms with Crippen molar-refractivity contribution in [3.05, 3.63) is 42.0 Å². The summed E-state index contributed by atoms with van der Waals surface area (Å²) < 4.78 is 10.3. The van der Waals surface area contributed by atoms with Gasteiger partial charge in [-0.1, -0.05) is 24.3 Å². The number of carbonyl (C=O) groups is 2. The third-order valence-electron chi connectivity index (χ3n) is 5.75. The fraction of sp³-hybridized carbons (Fsp3) is 0.500. The highest BCUT2D eigenvalue weighted by Gasteiger charge is 2.65. The van der Waals surface area contributed by atoms with Gasteiger partial charge in [0.1, 0.15) is 11.4 Å². The van der Waals surface area contributed by atoms with Gasteiger partial charge in [0.25, 0.3) is 12.4 Å². The first kappa shape index (κ1) is 21.6. The van der Waals surface area contributed by atoms with Crippen LogP contribution < -0.4 is 0 Å². The molecule has 1 saturated carbocycles. The minimum atomic E-state index is -0.679. The first-order valence-corrected chi connectivity index (χ1v) is 10.8. The van der Waals surface area contributed by atoms with Crippen LogP contribution in [0.3, 0.4) is 0 Å². The van der Waals surface area contributed by atoms with Gasteiger partial charge in [-0.25, -0.2) is 0 Å². The molecule has 2 heterocycles. The Morgan fingerprint density at radius 3 is 2.61 bits per heavy atom. The molecule has 7 nitrogen and oxygen atoms in total. The van der Waals surface area contributed by atoms with Gasteiger partial charge in [0.05, 0.1) is 13.2 Å². The lowest BCUT2D eigenvalue weighted by Crippen LogP contribution is -2.44. The first-order chi connectivity index (χ1) is 14.7. The van der Waals surface area contributed by atoms with Gasteiger partial charge in [0.2, 0.25) is 5.72 Å². The van der Waals surface area contributed by atoms with Crippen LogP contribution in [0.1, 0.15) is 39.2 Å². The van der Waals surface area contributed by atoms with Gasteiger partial charge in [-0.2, -0.15) is 0 Å². The highest BCUT2D eigenvalue weighted by Crippen LogP contribution is 2.42. The SMILES string of the molecule is CC(C)(C)OC=O.O=C(N(Cc1cc(O)c2ccccc2c1)C1CC1)[C@]12CN1CCO2. The molecule has 5 rings (SSSR count). The second kappa shape index (κ2) is 8.13. The maximum absolute atomic E-state index is 13.0. The third kappa shape index (κ3) is 4.67. The second-order valence-electron chi connectivity index (χ2n) is 9.38. The normalized spacial score (nSPS) is 24.0. The topological polar surface area (TPSA) is 79.1 Å². The van der Waals surface area contributed by atoms with Crippen LogP contribution >= 0.6 is 0 Å². The van der Waals surface area contributed by atoms with Crippen LogP contribution in [0.2, 0.25) is 0 Å². The summed E-state index contributed by atoms with van der Waals surface area (Å²) in [4.78, 5) is 26.7. The fourth-order valence-electron chi connectivity index (χ4n) is 3.97. The van der Waals surface area contributed by atoms with E-state index in [-0.39, 0.29) is 17.3 Å². The van der Waals surface area contributed by atoms with E-state index < -0.39 is 5.72 Å². The van der Waals surface area contributed by atoms with Gasteiger partial charge < -0.3 is 19.5 Å². The van der Waals surface area contributed by atoms with Crippen molar-refractivity contribution >= 4 is 23.2 Å². The summed E-state index contributed by atoms with van der Waals surface area (Å²) in [5.74, 6) is 0.366. The second-order valence-corrected chi connectivity index (χ2v) is 9.38. The molecule has 2 saturated heterocycles. The molecule has 1 unspecified atom stereocenters. The van der Waals surface area contributed by atoms with Crippen molar-refractivity contribution < 1.29 is 24.2 Å². The molecule has 2 aromatic carbocycles. The lowest BCUT2D eigenvalue weighted by molar-refractivity contribution is -0.147. The number of nitrogens with zero attached hydrogens (tertiary/aromatic N) is 2. The smallest absolute Gasteiger partial charge is 0.293 e. The van der Waals surface area contributed by atoms with Gasteiger partial charge in [0, 0.05) is 24.5 Å². The molecule has 3 aliphatic rings. The quantitative estimate of drug-likeness (QED) is 0.585. The third-order valence-corrected chi connectivity index (χ3v) is 5.75. The van der Waals surface area contributed by atoms with E-state index in [0.29, 0.717) is 25.7 Å². The zero-order valence-electron chi connectivity index (χ0n) is 18.3. The van der Waals surface area contributed by atoms with Crippen LogP contribution in [0, 0.1) is 0 Å². The van der Waals surface area contributed by atoms with Crippen molar-refractivity contribution in [3.63, 3.8) is 0 Å². The van der Waals surface area contributed by atoms with E-state index in [4.69, 9.17) is 4.74 Å². The number of fused-ring (bicyclic) bond motifs is 2. The van der Waals surface area contributed by atoms with E-state index in [1.165, 1.54) is 0 Å².